The number of thioether (sulfide) groups is 1. The molecule has 1 heterocycles. The van der Waals surface area contributed by atoms with Gasteiger partial charge in [0.1, 0.15) is 4.32 Å². The molecule has 0 saturated carbocycles. The maximum atomic E-state index is 12.8. The lowest BCUT2D eigenvalue weighted by Gasteiger charge is -2.14. The molecule has 32 heavy (non-hydrogen) atoms. The van der Waals surface area contributed by atoms with Gasteiger partial charge < -0.3 is 19.7 Å². The van der Waals surface area contributed by atoms with Crippen LogP contribution < -0.4 is 9.47 Å². The van der Waals surface area contributed by atoms with Crippen LogP contribution in [-0.2, 0) is 9.59 Å². The van der Waals surface area contributed by atoms with Crippen LogP contribution in [0.1, 0.15) is 63.4 Å². The molecule has 1 aromatic carbocycles. The number of aliphatic carboxylic acids is 1. The first-order chi connectivity index (χ1) is 15.4. The van der Waals surface area contributed by atoms with Crippen molar-refractivity contribution in [1.29, 1.82) is 0 Å². The molecule has 9 heteroatoms. The second-order valence-electron chi connectivity index (χ2n) is 7.58. The van der Waals surface area contributed by atoms with Crippen molar-refractivity contribution in [3.8, 4) is 17.2 Å². The lowest BCUT2D eigenvalue weighted by atomic mass is 10.1. The van der Waals surface area contributed by atoms with Gasteiger partial charge in [0, 0.05) is 13.0 Å². The molecule has 0 unspecified atom stereocenters. The van der Waals surface area contributed by atoms with Crippen molar-refractivity contribution >= 4 is 46.3 Å². The number of carboxylic acid groups (broad SMARTS) is 1. The molecule has 1 saturated heterocycles. The Hall–Kier alpha value is -2.26. The molecule has 176 valence electrons. The molecule has 7 nitrogen and oxygen atoms in total. The van der Waals surface area contributed by atoms with Gasteiger partial charge in [0.25, 0.3) is 5.91 Å². The van der Waals surface area contributed by atoms with Crippen LogP contribution >= 0.6 is 24.0 Å². The lowest BCUT2D eigenvalue weighted by molar-refractivity contribution is -0.137. The number of carboxylic acids is 1. The van der Waals surface area contributed by atoms with Crippen molar-refractivity contribution in [2.45, 2.75) is 57.8 Å². The van der Waals surface area contributed by atoms with E-state index in [0.717, 1.165) is 51.4 Å². The van der Waals surface area contributed by atoms with E-state index in [2.05, 4.69) is 0 Å². The predicted octanol–water partition coefficient (Wildman–Crippen LogP) is 5.21. The maximum Gasteiger partial charge on any atom is 0.303 e. The minimum Gasteiger partial charge on any atom is -0.502 e. The first kappa shape index (κ1) is 26.0. The first-order valence-electron chi connectivity index (χ1n) is 10.8. The molecule has 1 aromatic rings. The molecule has 2 rings (SSSR count). The normalized spacial score (nSPS) is 14.9. The van der Waals surface area contributed by atoms with E-state index in [1.807, 2.05) is 0 Å². The highest BCUT2D eigenvalue weighted by Crippen LogP contribution is 2.39. The summed E-state index contributed by atoms with van der Waals surface area (Å²) in [4.78, 5) is 25.5. The highest BCUT2D eigenvalue weighted by atomic mass is 32.2. The number of nitrogens with zero attached hydrogens (tertiary/aromatic N) is 1. The molecule has 1 aliphatic heterocycles. The van der Waals surface area contributed by atoms with Crippen LogP contribution in [0.25, 0.3) is 6.08 Å². The zero-order chi connectivity index (χ0) is 23.5. The number of thiocarbonyl (C=S) groups is 1. The van der Waals surface area contributed by atoms with E-state index < -0.39 is 5.97 Å². The van der Waals surface area contributed by atoms with Gasteiger partial charge in [-0.1, -0.05) is 62.5 Å². The van der Waals surface area contributed by atoms with Gasteiger partial charge in [-0.25, -0.2) is 0 Å². The number of unbranched alkanes of at least 4 members (excludes halogenated alkanes) is 7. The summed E-state index contributed by atoms with van der Waals surface area (Å²) in [5, 5.41) is 18.7. The van der Waals surface area contributed by atoms with Crippen LogP contribution in [0.5, 0.6) is 17.2 Å². The fourth-order valence-corrected chi connectivity index (χ4v) is 4.76. The molecule has 2 N–H and O–H groups in total. The molecule has 1 fully saturated rings. The number of hydrogen-bond donors (Lipinski definition) is 2. The molecular weight excluding hydrogens is 450 g/mol. The number of ether oxygens (including phenoxy) is 2. The van der Waals surface area contributed by atoms with E-state index in [0.29, 0.717) is 21.3 Å². The van der Waals surface area contributed by atoms with Crippen LogP contribution in [0.15, 0.2) is 17.0 Å². The Balaban J connectivity index is 1.79. The Morgan fingerprint density at radius 1 is 1.03 bits per heavy atom. The summed E-state index contributed by atoms with van der Waals surface area (Å²) in [5.74, 6) is -0.372. The van der Waals surface area contributed by atoms with Crippen molar-refractivity contribution in [3.63, 3.8) is 0 Å². The number of methoxy groups -OCH3 is 2. The molecular formula is C23H31NO6S2. The number of hydrogen-bond acceptors (Lipinski definition) is 7. The van der Waals surface area contributed by atoms with Gasteiger partial charge in [-0.15, -0.1) is 0 Å². The molecule has 0 spiro atoms. The summed E-state index contributed by atoms with van der Waals surface area (Å²) in [6.07, 6.45) is 10.0. The quantitative estimate of drug-likeness (QED) is 0.212. The van der Waals surface area contributed by atoms with Crippen LogP contribution in [0, 0.1) is 0 Å². The second kappa shape index (κ2) is 13.3. The third-order valence-electron chi connectivity index (χ3n) is 5.20. The fraction of sp³-hybridized carbons (Fsp3) is 0.522. The van der Waals surface area contributed by atoms with E-state index >= 15 is 0 Å². The largest absolute Gasteiger partial charge is 0.502 e. The number of carbonyl (C=O) groups excluding carboxylic acids is 1. The maximum absolute atomic E-state index is 12.8. The van der Waals surface area contributed by atoms with E-state index in [1.165, 1.54) is 26.0 Å². The standard InChI is InChI=1S/C23H31NO6S2/c1-29-17-13-16(14-18(30-2)21(17)27)15-19-22(28)24(23(31)32-19)12-10-8-6-4-3-5-7-9-11-20(25)26/h13-15,27H,3-12H2,1-2H3,(H,25,26). The van der Waals surface area contributed by atoms with Crippen LogP contribution in [0.4, 0.5) is 0 Å². The summed E-state index contributed by atoms with van der Waals surface area (Å²) in [5.41, 5.74) is 0.681. The van der Waals surface area contributed by atoms with E-state index in [-0.39, 0.29) is 29.6 Å². The van der Waals surface area contributed by atoms with Gasteiger partial charge in [0.05, 0.1) is 19.1 Å². The summed E-state index contributed by atoms with van der Waals surface area (Å²) in [7, 11) is 2.91. The zero-order valence-electron chi connectivity index (χ0n) is 18.6. The predicted molar refractivity (Wildman–Crippen MR) is 130 cm³/mol. The van der Waals surface area contributed by atoms with Crippen molar-refractivity contribution in [2.75, 3.05) is 20.8 Å². The molecule has 1 amide bonds. The SMILES string of the molecule is COc1cc(C=C2SC(=S)N(CCCCCCCCCCC(=O)O)C2=O)cc(OC)c1O. The third kappa shape index (κ3) is 7.70. The summed E-state index contributed by atoms with van der Waals surface area (Å²) < 4.78 is 10.9. The number of benzene rings is 1. The number of phenolic OH excluding ortho intramolecular Hbond substituents is 1. The Bertz CT molecular complexity index is 830. The molecule has 1 aliphatic rings. The number of phenols is 1. The van der Waals surface area contributed by atoms with E-state index in [1.54, 1.807) is 23.1 Å². The zero-order valence-corrected chi connectivity index (χ0v) is 20.2. The molecule has 0 atom stereocenters. The van der Waals surface area contributed by atoms with Crippen LogP contribution in [-0.4, -0.2) is 52.1 Å². The average Bonchev–Trinajstić information content (AvgIpc) is 3.02. The van der Waals surface area contributed by atoms with Gasteiger partial charge in [-0.05, 0) is 36.6 Å². The summed E-state index contributed by atoms with van der Waals surface area (Å²) in [6.45, 7) is 0.600. The minimum atomic E-state index is -0.724. The van der Waals surface area contributed by atoms with Crippen molar-refractivity contribution in [1.82, 2.24) is 4.90 Å². The first-order valence-corrected chi connectivity index (χ1v) is 12.0. The molecule has 0 bridgehead atoms. The highest BCUT2D eigenvalue weighted by Gasteiger charge is 2.31. The van der Waals surface area contributed by atoms with E-state index in [9.17, 15) is 14.7 Å². The van der Waals surface area contributed by atoms with Crippen LogP contribution in [0.2, 0.25) is 0 Å². The topological polar surface area (TPSA) is 96.3 Å². The van der Waals surface area contributed by atoms with Crippen LogP contribution in [0.3, 0.4) is 0 Å². The minimum absolute atomic E-state index is 0.0834. The summed E-state index contributed by atoms with van der Waals surface area (Å²) >= 11 is 6.68. The van der Waals surface area contributed by atoms with Gasteiger partial charge in [-0.2, -0.15) is 0 Å². The Morgan fingerprint density at radius 2 is 1.56 bits per heavy atom. The monoisotopic (exact) mass is 481 g/mol. The molecule has 0 aliphatic carbocycles. The Morgan fingerprint density at radius 3 is 2.09 bits per heavy atom. The van der Waals surface area contributed by atoms with Crippen molar-refractivity contribution in [3.05, 3.63) is 22.6 Å². The average molecular weight is 482 g/mol. The smallest absolute Gasteiger partial charge is 0.303 e. The number of amides is 1. The molecule has 0 radical (unpaired) electrons. The van der Waals surface area contributed by atoms with Gasteiger partial charge in [0.15, 0.2) is 11.5 Å². The lowest BCUT2D eigenvalue weighted by Crippen LogP contribution is -2.29. The number of aromatic hydroxyl groups is 1. The van der Waals surface area contributed by atoms with Gasteiger partial charge in [0.2, 0.25) is 5.75 Å². The van der Waals surface area contributed by atoms with Gasteiger partial charge >= 0.3 is 5.97 Å². The van der Waals surface area contributed by atoms with E-state index in [4.69, 9.17) is 26.8 Å². The number of rotatable bonds is 14. The van der Waals surface area contributed by atoms with Crippen molar-refractivity contribution in [2.24, 2.45) is 0 Å². The highest BCUT2D eigenvalue weighted by molar-refractivity contribution is 8.26. The third-order valence-corrected chi connectivity index (χ3v) is 6.57. The Labute approximate surface area is 198 Å². The van der Waals surface area contributed by atoms with Crippen molar-refractivity contribution < 1.29 is 29.3 Å². The Kier molecular flexibility index (Phi) is 10.8. The van der Waals surface area contributed by atoms with Gasteiger partial charge in [-0.3, -0.25) is 14.5 Å². The fourth-order valence-electron chi connectivity index (χ4n) is 3.45. The second-order valence-corrected chi connectivity index (χ2v) is 9.26. The number of carbonyl (C=O) groups is 2. The summed E-state index contributed by atoms with van der Waals surface area (Å²) in [6, 6.07) is 3.29. The molecule has 0 aromatic heterocycles.